The average molecular weight is 306 g/mol. The maximum absolute atomic E-state index is 5.55. The summed E-state index contributed by atoms with van der Waals surface area (Å²) in [6, 6.07) is 4.07. The maximum atomic E-state index is 5.55. The summed E-state index contributed by atoms with van der Waals surface area (Å²) < 4.78 is 16.3. The van der Waals surface area contributed by atoms with E-state index in [1.165, 1.54) is 56.9 Å². The molecule has 1 fully saturated rings. The molecular weight excluding hydrogens is 276 g/mol. The molecule has 1 aliphatic rings. The minimum Gasteiger partial charge on any atom is -0.493 e. The number of aryl methyl sites for hydroxylation is 1. The van der Waals surface area contributed by atoms with E-state index < -0.39 is 0 Å². The van der Waals surface area contributed by atoms with Crippen LogP contribution in [0.1, 0.15) is 56.9 Å². The molecule has 0 saturated heterocycles. The molecule has 22 heavy (non-hydrogen) atoms. The van der Waals surface area contributed by atoms with E-state index in [9.17, 15) is 0 Å². The van der Waals surface area contributed by atoms with E-state index in [0.717, 1.165) is 23.8 Å². The molecule has 0 aromatic heterocycles. The van der Waals surface area contributed by atoms with E-state index in [2.05, 4.69) is 6.07 Å². The molecule has 0 radical (unpaired) electrons. The Labute approximate surface area is 135 Å². The molecule has 0 amide bonds. The molecule has 1 aliphatic carbocycles. The first-order valence-corrected chi connectivity index (χ1v) is 8.58. The van der Waals surface area contributed by atoms with Crippen molar-refractivity contribution in [1.29, 1.82) is 0 Å². The van der Waals surface area contributed by atoms with Crippen LogP contribution in [0.15, 0.2) is 12.1 Å². The van der Waals surface area contributed by atoms with E-state index in [1.54, 1.807) is 21.3 Å². The summed E-state index contributed by atoms with van der Waals surface area (Å²) >= 11 is 0. The molecule has 1 aromatic carbocycles. The first-order valence-electron chi connectivity index (χ1n) is 8.58. The number of hydrogen-bond donors (Lipinski definition) is 0. The number of methoxy groups -OCH3 is 3. The van der Waals surface area contributed by atoms with Gasteiger partial charge < -0.3 is 14.2 Å². The number of hydrogen-bond acceptors (Lipinski definition) is 3. The van der Waals surface area contributed by atoms with Crippen LogP contribution in [0.2, 0.25) is 0 Å². The van der Waals surface area contributed by atoms with Gasteiger partial charge in [-0.1, -0.05) is 51.0 Å². The molecule has 3 nitrogen and oxygen atoms in total. The molecule has 0 N–H and O–H groups in total. The molecule has 124 valence electrons. The summed E-state index contributed by atoms with van der Waals surface area (Å²) in [4.78, 5) is 0. The van der Waals surface area contributed by atoms with Gasteiger partial charge in [0.2, 0.25) is 5.75 Å². The monoisotopic (exact) mass is 306 g/mol. The third kappa shape index (κ3) is 4.31. The minimum atomic E-state index is 0.704. The minimum absolute atomic E-state index is 0.704. The highest BCUT2D eigenvalue weighted by Crippen LogP contribution is 2.40. The highest BCUT2D eigenvalue weighted by molar-refractivity contribution is 5.55. The number of ether oxygens (including phenoxy) is 3. The molecule has 2 rings (SSSR count). The highest BCUT2D eigenvalue weighted by atomic mass is 16.5. The zero-order chi connectivity index (χ0) is 15.8. The lowest BCUT2D eigenvalue weighted by atomic mass is 9.85. The van der Waals surface area contributed by atoms with Crippen molar-refractivity contribution in [2.45, 2.75) is 57.8 Å². The van der Waals surface area contributed by atoms with Crippen LogP contribution in [0.25, 0.3) is 0 Å². The Hall–Kier alpha value is -1.38. The fraction of sp³-hybridized carbons (Fsp3) is 0.684. The molecule has 0 heterocycles. The van der Waals surface area contributed by atoms with E-state index in [4.69, 9.17) is 14.2 Å². The average Bonchev–Trinajstić information content (AvgIpc) is 2.58. The Morgan fingerprint density at radius 1 is 0.864 bits per heavy atom. The van der Waals surface area contributed by atoms with Crippen LogP contribution in [0.4, 0.5) is 0 Å². The number of unbranched alkanes of at least 4 members (excludes halogenated alkanes) is 1. The Kier molecular flexibility index (Phi) is 6.88. The molecular formula is C19H30O3. The van der Waals surface area contributed by atoms with Gasteiger partial charge in [-0.15, -0.1) is 0 Å². The lowest BCUT2D eigenvalue weighted by Crippen LogP contribution is -2.06. The standard InChI is InChI=1S/C19H30O3/c1-20-17-14-13-16(18(21-2)19(17)22-3)12-8-7-11-15-9-5-4-6-10-15/h13-15H,4-12H2,1-3H3. The summed E-state index contributed by atoms with van der Waals surface area (Å²) in [5.74, 6) is 3.22. The van der Waals surface area contributed by atoms with Crippen molar-refractivity contribution in [3.63, 3.8) is 0 Å². The first kappa shape index (κ1) is 17.0. The van der Waals surface area contributed by atoms with Gasteiger partial charge in [-0.05, 0) is 30.4 Å². The van der Waals surface area contributed by atoms with Gasteiger partial charge in [0, 0.05) is 0 Å². The van der Waals surface area contributed by atoms with Crippen molar-refractivity contribution in [3.8, 4) is 17.2 Å². The second kappa shape index (κ2) is 8.92. The maximum Gasteiger partial charge on any atom is 0.203 e. The second-order valence-corrected chi connectivity index (χ2v) is 6.24. The van der Waals surface area contributed by atoms with Crippen molar-refractivity contribution >= 4 is 0 Å². The van der Waals surface area contributed by atoms with Crippen LogP contribution in [-0.2, 0) is 6.42 Å². The molecule has 1 saturated carbocycles. The van der Waals surface area contributed by atoms with Gasteiger partial charge in [0.25, 0.3) is 0 Å². The highest BCUT2D eigenvalue weighted by Gasteiger charge is 2.16. The molecule has 1 aromatic rings. The van der Waals surface area contributed by atoms with Crippen molar-refractivity contribution in [2.75, 3.05) is 21.3 Å². The van der Waals surface area contributed by atoms with Crippen LogP contribution < -0.4 is 14.2 Å². The van der Waals surface area contributed by atoms with Gasteiger partial charge in [0.05, 0.1) is 21.3 Å². The van der Waals surface area contributed by atoms with Gasteiger partial charge in [-0.2, -0.15) is 0 Å². The normalized spacial score (nSPS) is 15.6. The Morgan fingerprint density at radius 3 is 2.23 bits per heavy atom. The molecule has 0 aliphatic heterocycles. The third-order valence-corrected chi connectivity index (χ3v) is 4.82. The van der Waals surface area contributed by atoms with Crippen LogP contribution in [0.3, 0.4) is 0 Å². The molecule has 0 bridgehead atoms. The van der Waals surface area contributed by atoms with Crippen LogP contribution >= 0.6 is 0 Å². The Morgan fingerprint density at radius 2 is 1.59 bits per heavy atom. The predicted octanol–water partition coefficient (Wildman–Crippen LogP) is 5.01. The van der Waals surface area contributed by atoms with Crippen LogP contribution in [0.5, 0.6) is 17.2 Å². The molecule has 3 heteroatoms. The fourth-order valence-corrected chi connectivity index (χ4v) is 3.58. The lowest BCUT2D eigenvalue weighted by Gasteiger charge is -2.21. The predicted molar refractivity (Wildman–Crippen MR) is 90.2 cm³/mol. The van der Waals surface area contributed by atoms with E-state index in [-0.39, 0.29) is 0 Å². The van der Waals surface area contributed by atoms with Gasteiger partial charge in [0.15, 0.2) is 11.5 Å². The van der Waals surface area contributed by atoms with Gasteiger partial charge in [0.1, 0.15) is 0 Å². The summed E-state index contributed by atoms with van der Waals surface area (Å²) in [7, 11) is 5.01. The van der Waals surface area contributed by atoms with Gasteiger partial charge in [-0.3, -0.25) is 0 Å². The topological polar surface area (TPSA) is 27.7 Å². The lowest BCUT2D eigenvalue weighted by molar-refractivity contribution is 0.320. The molecule has 0 atom stereocenters. The van der Waals surface area contributed by atoms with E-state index >= 15 is 0 Å². The van der Waals surface area contributed by atoms with Crippen LogP contribution in [0, 0.1) is 5.92 Å². The number of rotatable bonds is 8. The van der Waals surface area contributed by atoms with Crippen molar-refractivity contribution in [2.24, 2.45) is 5.92 Å². The van der Waals surface area contributed by atoms with Crippen molar-refractivity contribution in [1.82, 2.24) is 0 Å². The molecule has 0 unspecified atom stereocenters. The van der Waals surface area contributed by atoms with Crippen molar-refractivity contribution in [3.05, 3.63) is 17.7 Å². The fourth-order valence-electron chi connectivity index (χ4n) is 3.58. The zero-order valence-corrected chi connectivity index (χ0v) is 14.3. The largest absolute Gasteiger partial charge is 0.493 e. The quantitative estimate of drug-likeness (QED) is 0.632. The molecule has 0 spiro atoms. The van der Waals surface area contributed by atoms with E-state index in [0.29, 0.717) is 5.75 Å². The Bertz CT molecular complexity index is 450. The first-order chi connectivity index (χ1) is 10.8. The number of benzene rings is 1. The zero-order valence-electron chi connectivity index (χ0n) is 14.3. The van der Waals surface area contributed by atoms with Gasteiger partial charge >= 0.3 is 0 Å². The second-order valence-electron chi connectivity index (χ2n) is 6.24. The van der Waals surface area contributed by atoms with E-state index in [1.807, 2.05) is 6.07 Å². The summed E-state index contributed by atoms with van der Waals surface area (Å²) in [5, 5.41) is 0. The van der Waals surface area contributed by atoms with Crippen LogP contribution in [-0.4, -0.2) is 21.3 Å². The van der Waals surface area contributed by atoms with Crippen molar-refractivity contribution < 1.29 is 14.2 Å². The summed E-state index contributed by atoms with van der Waals surface area (Å²) in [6.07, 6.45) is 12.2. The summed E-state index contributed by atoms with van der Waals surface area (Å²) in [5.41, 5.74) is 1.21. The third-order valence-electron chi connectivity index (χ3n) is 4.82. The SMILES string of the molecule is COc1ccc(CCCCC2CCCCC2)c(OC)c1OC. The smallest absolute Gasteiger partial charge is 0.203 e. The summed E-state index contributed by atoms with van der Waals surface area (Å²) in [6.45, 7) is 0. The van der Waals surface area contributed by atoms with Gasteiger partial charge in [-0.25, -0.2) is 0 Å². The Balaban J connectivity index is 1.89.